The molecule has 0 unspecified atom stereocenters. The van der Waals surface area contributed by atoms with Gasteiger partial charge in [-0.05, 0) is 23.8 Å². The van der Waals surface area contributed by atoms with E-state index in [9.17, 15) is 22.0 Å². The van der Waals surface area contributed by atoms with Gasteiger partial charge in [-0.2, -0.15) is 13.2 Å². The Kier molecular flexibility index (Phi) is 3.99. The average Bonchev–Trinajstić information content (AvgIpc) is 2.37. The highest BCUT2D eigenvalue weighted by atomic mass is 35.5. The zero-order valence-corrected chi connectivity index (χ0v) is 10.6. The molecule has 2 aromatic carbocycles. The zero-order valence-electron chi connectivity index (χ0n) is 9.89. The molecule has 0 amide bonds. The minimum Gasteiger partial charge on any atom is -0.205 e. The molecule has 0 bridgehead atoms. The van der Waals surface area contributed by atoms with Crippen molar-refractivity contribution in [1.29, 1.82) is 0 Å². The van der Waals surface area contributed by atoms with Crippen molar-refractivity contribution in [2.24, 2.45) is 0 Å². The van der Waals surface area contributed by atoms with Crippen molar-refractivity contribution in [1.82, 2.24) is 0 Å². The van der Waals surface area contributed by atoms with Crippen molar-refractivity contribution in [2.75, 3.05) is 0 Å². The van der Waals surface area contributed by atoms with Crippen LogP contribution in [0.3, 0.4) is 0 Å². The molecule has 0 nitrogen and oxygen atoms in total. The molecule has 0 aliphatic heterocycles. The fourth-order valence-corrected chi connectivity index (χ4v) is 2.14. The van der Waals surface area contributed by atoms with Gasteiger partial charge in [0.15, 0.2) is 0 Å². The Morgan fingerprint density at radius 2 is 1.50 bits per heavy atom. The summed E-state index contributed by atoms with van der Waals surface area (Å²) in [5.74, 6) is 0. The summed E-state index contributed by atoms with van der Waals surface area (Å²) in [6.45, 7) is 0. The van der Waals surface area contributed by atoms with Crippen molar-refractivity contribution in [3.8, 4) is 11.1 Å². The van der Waals surface area contributed by atoms with Gasteiger partial charge in [0, 0.05) is 16.1 Å². The minimum atomic E-state index is -4.47. The van der Waals surface area contributed by atoms with Crippen LogP contribution in [0.4, 0.5) is 22.0 Å². The van der Waals surface area contributed by atoms with Crippen LogP contribution in [0.15, 0.2) is 42.5 Å². The van der Waals surface area contributed by atoms with Crippen LogP contribution in [0.5, 0.6) is 0 Å². The lowest BCUT2D eigenvalue weighted by molar-refractivity contribution is -0.137. The lowest BCUT2D eigenvalue weighted by atomic mass is 9.98. The summed E-state index contributed by atoms with van der Waals surface area (Å²) >= 11 is 5.88. The monoisotopic (exact) mass is 306 g/mol. The highest BCUT2D eigenvalue weighted by molar-refractivity contribution is 6.33. The second-order valence-corrected chi connectivity index (χ2v) is 4.49. The molecule has 0 N–H and O–H groups in total. The molecule has 0 atom stereocenters. The standard InChI is InChI=1S/C14H8ClF5/c15-11-3-1-2-10(13(16)17)12(11)8-4-6-9(7-5-8)14(18,19)20/h1-7,13H. The molecule has 20 heavy (non-hydrogen) atoms. The van der Waals surface area contributed by atoms with Crippen LogP contribution in [0, 0.1) is 0 Å². The first kappa shape index (κ1) is 14.8. The van der Waals surface area contributed by atoms with Crippen LogP contribution in [0.25, 0.3) is 11.1 Å². The van der Waals surface area contributed by atoms with Gasteiger partial charge in [0.1, 0.15) is 0 Å². The predicted molar refractivity (Wildman–Crippen MR) is 66.8 cm³/mol. The highest BCUT2D eigenvalue weighted by Gasteiger charge is 2.30. The van der Waals surface area contributed by atoms with Crippen molar-refractivity contribution >= 4 is 11.6 Å². The van der Waals surface area contributed by atoms with E-state index in [1.165, 1.54) is 18.2 Å². The smallest absolute Gasteiger partial charge is 0.205 e. The van der Waals surface area contributed by atoms with Crippen molar-refractivity contribution in [3.63, 3.8) is 0 Å². The molecule has 2 aromatic rings. The maximum atomic E-state index is 12.9. The van der Waals surface area contributed by atoms with E-state index in [1.54, 1.807) is 0 Å². The normalized spacial score (nSPS) is 11.9. The summed E-state index contributed by atoms with van der Waals surface area (Å²) in [5.41, 5.74) is -0.874. The molecule has 2 rings (SSSR count). The first-order valence-electron chi connectivity index (χ1n) is 5.55. The average molecular weight is 307 g/mol. The molecule has 0 heterocycles. The predicted octanol–water partition coefficient (Wildman–Crippen LogP) is 5.96. The van der Waals surface area contributed by atoms with Gasteiger partial charge in [-0.3, -0.25) is 0 Å². The van der Waals surface area contributed by atoms with Gasteiger partial charge in [0.25, 0.3) is 6.43 Å². The third kappa shape index (κ3) is 2.93. The summed E-state index contributed by atoms with van der Waals surface area (Å²) in [6, 6.07) is 7.94. The third-order valence-electron chi connectivity index (χ3n) is 2.78. The summed E-state index contributed by atoms with van der Waals surface area (Å²) in [4.78, 5) is 0. The molecule has 0 saturated heterocycles. The molecular weight excluding hydrogens is 299 g/mol. The van der Waals surface area contributed by atoms with Gasteiger partial charge in [-0.25, -0.2) is 8.78 Å². The van der Waals surface area contributed by atoms with Crippen LogP contribution < -0.4 is 0 Å². The fraction of sp³-hybridized carbons (Fsp3) is 0.143. The van der Waals surface area contributed by atoms with Crippen LogP contribution in [-0.4, -0.2) is 0 Å². The van der Waals surface area contributed by atoms with Gasteiger partial charge < -0.3 is 0 Å². The van der Waals surface area contributed by atoms with Crippen LogP contribution in [0.2, 0.25) is 5.02 Å². The Bertz CT molecular complexity index is 602. The van der Waals surface area contributed by atoms with E-state index >= 15 is 0 Å². The van der Waals surface area contributed by atoms with Gasteiger partial charge in [-0.15, -0.1) is 0 Å². The lowest BCUT2D eigenvalue weighted by Gasteiger charge is -2.12. The third-order valence-corrected chi connectivity index (χ3v) is 3.10. The SMILES string of the molecule is FC(F)c1cccc(Cl)c1-c1ccc(C(F)(F)F)cc1. The fourth-order valence-electron chi connectivity index (χ4n) is 1.85. The van der Waals surface area contributed by atoms with Crippen LogP contribution >= 0.6 is 11.6 Å². The molecule has 6 heteroatoms. The molecule has 0 radical (unpaired) electrons. The highest BCUT2D eigenvalue weighted by Crippen LogP contribution is 2.38. The number of benzene rings is 2. The van der Waals surface area contributed by atoms with E-state index in [0.717, 1.165) is 24.3 Å². The second-order valence-electron chi connectivity index (χ2n) is 4.08. The first-order valence-corrected chi connectivity index (χ1v) is 5.92. The van der Waals surface area contributed by atoms with Gasteiger partial charge in [0.2, 0.25) is 0 Å². The topological polar surface area (TPSA) is 0 Å². The summed E-state index contributed by atoms with van der Waals surface area (Å²) < 4.78 is 63.2. The Hall–Kier alpha value is -1.62. The van der Waals surface area contributed by atoms with Gasteiger partial charge >= 0.3 is 6.18 Å². The maximum absolute atomic E-state index is 12.9. The largest absolute Gasteiger partial charge is 0.416 e. The van der Waals surface area contributed by atoms with E-state index in [4.69, 9.17) is 11.6 Å². The maximum Gasteiger partial charge on any atom is 0.416 e. The van der Waals surface area contributed by atoms with E-state index in [-0.39, 0.29) is 21.7 Å². The molecule has 0 aliphatic rings. The molecule has 0 saturated carbocycles. The van der Waals surface area contributed by atoms with E-state index < -0.39 is 18.2 Å². The minimum absolute atomic E-state index is 0.0536. The van der Waals surface area contributed by atoms with Crippen LogP contribution in [-0.2, 0) is 6.18 Å². The number of hydrogen-bond acceptors (Lipinski definition) is 0. The Morgan fingerprint density at radius 3 is 2.00 bits per heavy atom. The zero-order chi connectivity index (χ0) is 14.9. The Morgan fingerprint density at radius 1 is 0.900 bits per heavy atom. The molecule has 0 aromatic heterocycles. The van der Waals surface area contributed by atoms with E-state index in [1.807, 2.05) is 0 Å². The van der Waals surface area contributed by atoms with E-state index in [2.05, 4.69) is 0 Å². The quantitative estimate of drug-likeness (QED) is 0.600. The number of rotatable bonds is 2. The molecule has 0 spiro atoms. The number of halogens is 6. The van der Waals surface area contributed by atoms with Crippen molar-refractivity contribution in [2.45, 2.75) is 12.6 Å². The lowest BCUT2D eigenvalue weighted by Crippen LogP contribution is -2.04. The number of alkyl halides is 5. The Balaban J connectivity index is 2.52. The van der Waals surface area contributed by atoms with Crippen LogP contribution in [0.1, 0.15) is 17.6 Å². The summed E-state index contributed by atoms with van der Waals surface area (Å²) in [5, 5.41) is 0.0718. The molecule has 106 valence electrons. The van der Waals surface area contributed by atoms with Crippen molar-refractivity contribution in [3.05, 3.63) is 58.6 Å². The molecule has 0 aliphatic carbocycles. The molecular formula is C14H8ClF5. The molecule has 0 fully saturated rings. The summed E-state index contributed by atoms with van der Waals surface area (Å²) in [6.07, 6.45) is -7.23. The van der Waals surface area contributed by atoms with E-state index in [0.29, 0.717) is 0 Å². The number of hydrogen-bond donors (Lipinski definition) is 0. The first-order chi connectivity index (χ1) is 9.30. The second kappa shape index (κ2) is 5.40. The Labute approximate surface area is 116 Å². The van der Waals surface area contributed by atoms with Gasteiger partial charge in [-0.1, -0.05) is 35.9 Å². The van der Waals surface area contributed by atoms with Gasteiger partial charge in [0.05, 0.1) is 5.56 Å². The van der Waals surface area contributed by atoms with Crippen molar-refractivity contribution < 1.29 is 22.0 Å². The summed E-state index contributed by atoms with van der Waals surface area (Å²) in [7, 11) is 0.